The monoisotopic (exact) mass is 388 g/mol. The number of carboxylic acids is 1. The zero-order chi connectivity index (χ0) is 18.8. The zero-order valence-corrected chi connectivity index (χ0v) is 16.3. The predicted octanol–water partition coefficient (Wildman–Crippen LogP) is 1.27. The van der Waals surface area contributed by atoms with Gasteiger partial charge in [0, 0.05) is 44.4 Å². The lowest BCUT2D eigenvalue weighted by Crippen LogP contribution is -2.58. The molecule has 0 aliphatic carbocycles. The average Bonchev–Trinajstić information content (AvgIpc) is 2.91. The van der Waals surface area contributed by atoms with Crippen molar-refractivity contribution in [2.45, 2.75) is 44.5 Å². The van der Waals surface area contributed by atoms with Gasteiger partial charge in [-0.3, -0.25) is 14.4 Å². The summed E-state index contributed by atoms with van der Waals surface area (Å²) in [6.45, 7) is 5.75. The number of carbonyl (C=O) groups is 4. The summed E-state index contributed by atoms with van der Waals surface area (Å²) in [5.74, 6) is -0.958. The molecule has 0 saturated carbocycles. The van der Waals surface area contributed by atoms with E-state index in [1.54, 1.807) is 11.8 Å². The van der Waals surface area contributed by atoms with Gasteiger partial charge in [0.25, 0.3) is 0 Å². The van der Waals surface area contributed by atoms with Crippen LogP contribution >= 0.6 is 23.5 Å². The third-order valence-corrected chi connectivity index (χ3v) is 7.43. The highest BCUT2D eigenvalue weighted by molar-refractivity contribution is 8.13. The Morgan fingerprint density at radius 1 is 1.24 bits per heavy atom. The van der Waals surface area contributed by atoms with Crippen LogP contribution in [0.15, 0.2) is 0 Å². The Bertz CT molecular complexity index is 575. The molecular weight excluding hydrogens is 364 g/mol. The van der Waals surface area contributed by atoms with Crippen molar-refractivity contribution in [2.24, 2.45) is 5.92 Å². The molecule has 2 fully saturated rings. The quantitative estimate of drug-likeness (QED) is 0.775. The van der Waals surface area contributed by atoms with E-state index in [0.29, 0.717) is 37.4 Å². The van der Waals surface area contributed by atoms with Crippen LogP contribution in [0.5, 0.6) is 0 Å². The Morgan fingerprint density at radius 3 is 2.32 bits per heavy atom. The van der Waals surface area contributed by atoms with Crippen molar-refractivity contribution in [1.29, 1.82) is 0 Å². The maximum atomic E-state index is 13.0. The van der Waals surface area contributed by atoms with Gasteiger partial charge in [0.05, 0.1) is 4.87 Å². The summed E-state index contributed by atoms with van der Waals surface area (Å²) >= 11 is 2.59. The van der Waals surface area contributed by atoms with Gasteiger partial charge in [-0.1, -0.05) is 18.7 Å². The minimum absolute atomic E-state index is 0.00302. The first-order chi connectivity index (χ1) is 11.7. The van der Waals surface area contributed by atoms with Crippen molar-refractivity contribution in [2.75, 3.05) is 24.6 Å². The highest BCUT2D eigenvalue weighted by Crippen LogP contribution is 2.47. The smallest absolute Gasteiger partial charge is 0.327 e. The van der Waals surface area contributed by atoms with E-state index in [1.807, 2.05) is 0 Å². The highest BCUT2D eigenvalue weighted by atomic mass is 32.2. The number of amides is 2. The number of aliphatic carboxylic acids is 1. The summed E-state index contributed by atoms with van der Waals surface area (Å²) in [5.41, 5.74) is 0. The van der Waals surface area contributed by atoms with Crippen molar-refractivity contribution >= 4 is 46.4 Å². The number of thioether (sulfide) groups is 2. The maximum Gasteiger partial charge on any atom is 0.327 e. The highest BCUT2D eigenvalue weighted by Gasteiger charge is 2.53. The molecular formula is C16H24N2O5S2. The van der Waals surface area contributed by atoms with Crippen molar-refractivity contribution in [3.05, 3.63) is 0 Å². The molecule has 1 spiro atoms. The molecule has 2 amide bonds. The maximum absolute atomic E-state index is 13.0. The fourth-order valence-electron chi connectivity index (χ4n) is 3.31. The summed E-state index contributed by atoms with van der Waals surface area (Å²) < 4.78 is 0. The van der Waals surface area contributed by atoms with E-state index in [9.17, 15) is 24.3 Å². The fraction of sp³-hybridized carbons (Fsp3) is 0.750. The topological polar surface area (TPSA) is 95.0 Å². The van der Waals surface area contributed by atoms with Crippen molar-refractivity contribution in [1.82, 2.24) is 9.80 Å². The molecule has 0 unspecified atom stereocenters. The molecule has 0 aromatic rings. The van der Waals surface area contributed by atoms with Gasteiger partial charge in [0.1, 0.15) is 6.04 Å². The number of hydrogen-bond donors (Lipinski definition) is 1. The lowest BCUT2D eigenvalue weighted by molar-refractivity contribution is -0.154. The second kappa shape index (κ2) is 7.99. The molecule has 2 aliphatic heterocycles. The Kier molecular flexibility index (Phi) is 6.42. The van der Waals surface area contributed by atoms with Crippen LogP contribution in [0.4, 0.5) is 0 Å². The number of piperidine rings is 1. The minimum Gasteiger partial charge on any atom is -0.480 e. The van der Waals surface area contributed by atoms with Crippen molar-refractivity contribution in [3.8, 4) is 0 Å². The molecule has 25 heavy (non-hydrogen) atoms. The van der Waals surface area contributed by atoms with Gasteiger partial charge < -0.3 is 14.9 Å². The van der Waals surface area contributed by atoms with Gasteiger partial charge in [-0.05, 0) is 12.8 Å². The lowest BCUT2D eigenvalue weighted by atomic mass is 9.98. The zero-order valence-electron chi connectivity index (χ0n) is 14.7. The Balaban J connectivity index is 2.19. The van der Waals surface area contributed by atoms with Crippen LogP contribution in [0.3, 0.4) is 0 Å². The van der Waals surface area contributed by atoms with Crippen LogP contribution < -0.4 is 0 Å². The number of carboxylic acid groups (broad SMARTS) is 1. The molecule has 140 valence electrons. The molecule has 7 nitrogen and oxygen atoms in total. The first kappa shape index (κ1) is 20.1. The molecule has 0 bridgehead atoms. The van der Waals surface area contributed by atoms with E-state index in [1.165, 1.54) is 30.5 Å². The molecule has 2 aliphatic rings. The first-order valence-corrected chi connectivity index (χ1v) is 10.2. The van der Waals surface area contributed by atoms with Crippen LogP contribution in [0.25, 0.3) is 0 Å². The molecule has 2 heterocycles. The van der Waals surface area contributed by atoms with Crippen LogP contribution in [0.1, 0.15) is 33.6 Å². The molecule has 9 heteroatoms. The molecule has 2 saturated heterocycles. The molecule has 0 aromatic carbocycles. The lowest BCUT2D eigenvalue weighted by Gasteiger charge is -2.45. The van der Waals surface area contributed by atoms with E-state index < -0.39 is 22.8 Å². The second-order valence-electron chi connectivity index (χ2n) is 6.53. The number of carbonyl (C=O) groups excluding carboxylic acids is 3. The molecule has 2 rings (SSSR count). The molecule has 1 N–H and O–H groups in total. The second-order valence-corrected chi connectivity index (χ2v) is 9.11. The summed E-state index contributed by atoms with van der Waals surface area (Å²) in [7, 11) is 0. The van der Waals surface area contributed by atoms with Gasteiger partial charge in [-0.2, -0.15) is 0 Å². The largest absolute Gasteiger partial charge is 0.480 e. The third kappa shape index (κ3) is 4.31. The van der Waals surface area contributed by atoms with E-state index in [2.05, 4.69) is 0 Å². The van der Waals surface area contributed by atoms with Gasteiger partial charge in [-0.25, -0.2) is 4.79 Å². The molecule has 0 radical (unpaired) electrons. The van der Waals surface area contributed by atoms with Gasteiger partial charge >= 0.3 is 5.97 Å². The molecule has 0 aromatic heterocycles. The minimum atomic E-state index is -1.00. The summed E-state index contributed by atoms with van der Waals surface area (Å²) in [6.07, 6.45) is 1.14. The summed E-state index contributed by atoms with van der Waals surface area (Å²) in [5, 5.41) is 9.50. The SMILES string of the molecule is CC(=O)SC[C@H](C)C(=O)N1[C@H](C(=O)O)CSC12CCN(C(C)=O)CC2. The van der Waals surface area contributed by atoms with Crippen molar-refractivity contribution < 1.29 is 24.3 Å². The van der Waals surface area contributed by atoms with E-state index >= 15 is 0 Å². The molecule has 2 atom stereocenters. The Labute approximate surface area is 155 Å². The van der Waals surface area contributed by atoms with E-state index in [0.717, 1.165) is 11.8 Å². The predicted molar refractivity (Wildman–Crippen MR) is 97.2 cm³/mol. The number of likely N-dealkylation sites (tertiary alicyclic amines) is 1. The van der Waals surface area contributed by atoms with Crippen LogP contribution in [-0.2, 0) is 19.2 Å². The number of rotatable bonds is 4. The van der Waals surface area contributed by atoms with E-state index in [-0.39, 0.29) is 16.9 Å². The standard InChI is InChI=1S/C16H24N2O5S2/c1-10(8-24-12(3)20)14(21)18-13(15(22)23)9-25-16(18)4-6-17(7-5-16)11(2)19/h10,13H,4-9H2,1-3H3,(H,22,23)/t10-,13-/m0/s1. The fourth-order valence-corrected chi connectivity index (χ4v) is 5.52. The van der Waals surface area contributed by atoms with Crippen LogP contribution in [0, 0.1) is 5.92 Å². The van der Waals surface area contributed by atoms with Gasteiger partial charge in [-0.15, -0.1) is 11.8 Å². The number of hydrogen-bond acceptors (Lipinski definition) is 6. The van der Waals surface area contributed by atoms with Gasteiger partial charge in [0.2, 0.25) is 11.8 Å². The first-order valence-electron chi connectivity index (χ1n) is 8.27. The summed E-state index contributed by atoms with van der Waals surface area (Å²) in [6, 6.07) is -0.855. The Hall–Kier alpha value is -1.22. The number of nitrogens with zero attached hydrogens (tertiary/aromatic N) is 2. The summed E-state index contributed by atoms with van der Waals surface area (Å²) in [4.78, 5) is 50.1. The van der Waals surface area contributed by atoms with Gasteiger partial charge in [0.15, 0.2) is 5.12 Å². The van der Waals surface area contributed by atoms with E-state index in [4.69, 9.17) is 0 Å². The van der Waals surface area contributed by atoms with Crippen LogP contribution in [0.2, 0.25) is 0 Å². The average molecular weight is 389 g/mol. The Morgan fingerprint density at radius 2 is 1.84 bits per heavy atom. The normalized spacial score (nSPS) is 23.6. The van der Waals surface area contributed by atoms with Crippen molar-refractivity contribution in [3.63, 3.8) is 0 Å². The third-order valence-electron chi connectivity index (χ3n) is 4.73. The van der Waals surface area contributed by atoms with Crippen LogP contribution in [-0.4, -0.2) is 73.3 Å².